The van der Waals surface area contributed by atoms with Crippen LogP contribution in [0, 0.1) is 0 Å². The predicted molar refractivity (Wildman–Crippen MR) is 150 cm³/mol. The van der Waals surface area contributed by atoms with Crippen molar-refractivity contribution in [2.45, 2.75) is 32.9 Å². The molecule has 37 heavy (non-hydrogen) atoms. The number of allylic oxidation sites excluding steroid dienone is 2. The second kappa shape index (κ2) is 12.3. The van der Waals surface area contributed by atoms with E-state index in [4.69, 9.17) is 15.5 Å². The maximum absolute atomic E-state index is 11.2. The molecule has 4 aromatic rings. The molecule has 1 heterocycles. The Bertz CT molecular complexity index is 1390. The summed E-state index contributed by atoms with van der Waals surface area (Å²) in [6.07, 6.45) is 4.21. The molecule has 0 unspecified atom stereocenters. The molecular formula is C31H30N2O3S. The van der Waals surface area contributed by atoms with Gasteiger partial charge in [0.1, 0.15) is 17.4 Å². The van der Waals surface area contributed by atoms with Gasteiger partial charge < -0.3 is 15.6 Å². The molecule has 3 N–H and O–H groups in total. The average molecular weight is 511 g/mol. The van der Waals surface area contributed by atoms with E-state index >= 15 is 0 Å². The van der Waals surface area contributed by atoms with E-state index < -0.39 is 5.97 Å². The number of thiazole rings is 1. The van der Waals surface area contributed by atoms with Crippen LogP contribution in [-0.2, 0) is 17.8 Å². The zero-order chi connectivity index (χ0) is 26.2. The third kappa shape index (κ3) is 7.26. The molecule has 0 saturated heterocycles. The van der Waals surface area contributed by atoms with E-state index in [1.807, 2.05) is 97.9 Å². The summed E-state index contributed by atoms with van der Waals surface area (Å²) in [4.78, 5) is 17.1. The van der Waals surface area contributed by atoms with Gasteiger partial charge >= 0.3 is 5.97 Å². The molecule has 0 aliphatic heterocycles. The summed E-state index contributed by atoms with van der Waals surface area (Å²) in [5, 5.41) is 10.0. The average Bonchev–Trinajstić information content (AvgIpc) is 3.33. The number of nitrogens with zero attached hydrogens (tertiary/aromatic N) is 1. The SMILES string of the molecule is C/C(=C/C(C)=C/c1nc([C@@H](N)Cc2ccc(OCc3ccccc3)cc2)sc1-c1ccccc1)C(=O)O. The summed E-state index contributed by atoms with van der Waals surface area (Å²) in [7, 11) is 0. The van der Waals surface area contributed by atoms with Gasteiger partial charge in [-0.25, -0.2) is 9.78 Å². The lowest BCUT2D eigenvalue weighted by molar-refractivity contribution is -0.132. The molecule has 0 aliphatic rings. The van der Waals surface area contributed by atoms with Crippen LogP contribution in [0.5, 0.6) is 5.75 Å². The second-order valence-corrected chi connectivity index (χ2v) is 9.91. The smallest absolute Gasteiger partial charge is 0.331 e. The highest BCUT2D eigenvalue weighted by atomic mass is 32.1. The van der Waals surface area contributed by atoms with Crippen molar-refractivity contribution in [3.63, 3.8) is 0 Å². The number of hydrogen-bond donors (Lipinski definition) is 2. The normalized spacial score (nSPS) is 12.8. The van der Waals surface area contributed by atoms with Gasteiger partial charge in [-0.2, -0.15) is 0 Å². The number of ether oxygens (including phenoxy) is 1. The number of carbonyl (C=O) groups is 1. The first-order chi connectivity index (χ1) is 17.9. The lowest BCUT2D eigenvalue weighted by atomic mass is 10.1. The second-order valence-electron chi connectivity index (χ2n) is 8.88. The van der Waals surface area contributed by atoms with Gasteiger partial charge in [-0.3, -0.25) is 0 Å². The van der Waals surface area contributed by atoms with E-state index in [0.29, 0.717) is 13.0 Å². The summed E-state index contributed by atoms with van der Waals surface area (Å²) in [5.74, 6) is -0.122. The van der Waals surface area contributed by atoms with Crippen molar-refractivity contribution >= 4 is 23.4 Å². The molecule has 3 aromatic carbocycles. The van der Waals surface area contributed by atoms with Gasteiger partial charge in [-0.1, -0.05) is 72.8 Å². The van der Waals surface area contributed by atoms with Crippen LogP contribution >= 0.6 is 11.3 Å². The van der Waals surface area contributed by atoms with E-state index in [2.05, 4.69) is 0 Å². The van der Waals surface area contributed by atoms with E-state index in [9.17, 15) is 9.90 Å². The van der Waals surface area contributed by atoms with Crippen LogP contribution in [0.4, 0.5) is 0 Å². The zero-order valence-corrected chi connectivity index (χ0v) is 21.7. The minimum absolute atomic E-state index is 0.276. The van der Waals surface area contributed by atoms with Crippen LogP contribution in [0.2, 0.25) is 0 Å². The fraction of sp³-hybridized carbons (Fsp3) is 0.161. The largest absolute Gasteiger partial charge is 0.489 e. The molecule has 1 atom stereocenters. The van der Waals surface area contributed by atoms with Crippen molar-refractivity contribution in [1.82, 2.24) is 4.98 Å². The van der Waals surface area contributed by atoms with Crippen molar-refractivity contribution in [3.05, 3.63) is 124 Å². The molecule has 188 valence electrons. The monoisotopic (exact) mass is 510 g/mol. The highest BCUT2D eigenvalue weighted by Crippen LogP contribution is 2.35. The van der Waals surface area contributed by atoms with Gasteiger partial charge in [0, 0.05) is 5.57 Å². The Morgan fingerprint density at radius 3 is 2.27 bits per heavy atom. The quantitative estimate of drug-likeness (QED) is 0.176. The first-order valence-electron chi connectivity index (χ1n) is 12.1. The zero-order valence-electron chi connectivity index (χ0n) is 20.9. The molecule has 0 saturated carbocycles. The number of nitrogens with two attached hydrogens (primary N) is 1. The Balaban J connectivity index is 1.51. The van der Waals surface area contributed by atoms with Crippen LogP contribution in [0.25, 0.3) is 16.5 Å². The number of rotatable bonds is 10. The Labute approximate surface area is 221 Å². The molecule has 6 heteroatoms. The maximum atomic E-state index is 11.2. The third-order valence-corrected chi connectivity index (χ3v) is 7.05. The Morgan fingerprint density at radius 2 is 1.62 bits per heavy atom. The summed E-state index contributed by atoms with van der Waals surface area (Å²) in [6.45, 7) is 3.98. The summed E-state index contributed by atoms with van der Waals surface area (Å²) in [6, 6.07) is 27.9. The molecule has 1 aromatic heterocycles. The van der Waals surface area contributed by atoms with Crippen LogP contribution in [0.15, 0.2) is 102 Å². The Morgan fingerprint density at radius 1 is 0.973 bits per heavy atom. The minimum Gasteiger partial charge on any atom is -0.489 e. The van der Waals surface area contributed by atoms with Gasteiger partial charge in [0.2, 0.25) is 0 Å². The molecule has 0 amide bonds. The molecule has 0 fully saturated rings. The van der Waals surface area contributed by atoms with E-state index in [1.165, 1.54) is 0 Å². The topological polar surface area (TPSA) is 85.4 Å². The van der Waals surface area contributed by atoms with E-state index in [-0.39, 0.29) is 11.6 Å². The lowest BCUT2D eigenvalue weighted by Crippen LogP contribution is -2.13. The highest BCUT2D eigenvalue weighted by Gasteiger charge is 2.17. The van der Waals surface area contributed by atoms with E-state index in [0.717, 1.165) is 43.6 Å². The molecular weight excluding hydrogens is 480 g/mol. The van der Waals surface area contributed by atoms with Crippen molar-refractivity contribution in [1.29, 1.82) is 0 Å². The van der Waals surface area contributed by atoms with Crippen molar-refractivity contribution in [2.75, 3.05) is 0 Å². The molecule has 0 aliphatic carbocycles. The molecule has 0 bridgehead atoms. The molecule has 4 rings (SSSR count). The Hall–Kier alpha value is -4.00. The highest BCUT2D eigenvalue weighted by molar-refractivity contribution is 7.15. The van der Waals surface area contributed by atoms with Crippen LogP contribution in [0.3, 0.4) is 0 Å². The first-order valence-corrected chi connectivity index (χ1v) is 12.9. The number of aliphatic carboxylic acids is 1. The van der Waals surface area contributed by atoms with Crippen LogP contribution < -0.4 is 10.5 Å². The van der Waals surface area contributed by atoms with Gasteiger partial charge in [0.05, 0.1) is 16.6 Å². The number of hydrogen-bond acceptors (Lipinski definition) is 5. The fourth-order valence-electron chi connectivity index (χ4n) is 3.87. The van der Waals surface area contributed by atoms with Gasteiger partial charge in [-0.15, -0.1) is 11.3 Å². The summed E-state index contributed by atoms with van der Waals surface area (Å²) >= 11 is 1.57. The Kier molecular flexibility index (Phi) is 8.67. The summed E-state index contributed by atoms with van der Waals surface area (Å²) < 4.78 is 5.89. The van der Waals surface area contributed by atoms with Gasteiger partial charge in [0.15, 0.2) is 0 Å². The first kappa shape index (κ1) is 26.1. The van der Waals surface area contributed by atoms with E-state index in [1.54, 1.807) is 24.3 Å². The molecule has 0 spiro atoms. The lowest BCUT2D eigenvalue weighted by Gasteiger charge is -2.10. The van der Waals surface area contributed by atoms with Crippen molar-refractivity contribution in [2.24, 2.45) is 5.73 Å². The van der Waals surface area contributed by atoms with Gasteiger partial charge in [-0.05, 0) is 66.8 Å². The predicted octanol–water partition coefficient (Wildman–Crippen LogP) is 7.07. The number of carboxylic acids is 1. The standard InChI is InChI=1S/C31H30N2O3S/c1-21(17-22(2)31(34)35)18-28-29(25-11-7-4-8-12-25)37-30(33-28)27(32)19-23-13-15-26(16-14-23)36-20-24-9-5-3-6-10-24/h3-18,27H,19-20,32H2,1-2H3,(H,34,35)/b21-18+,22-17-/t27-/m0/s1. The number of aromatic nitrogens is 1. The van der Waals surface area contributed by atoms with Crippen molar-refractivity contribution < 1.29 is 14.6 Å². The van der Waals surface area contributed by atoms with Gasteiger partial charge in [0.25, 0.3) is 0 Å². The van der Waals surface area contributed by atoms with Crippen molar-refractivity contribution in [3.8, 4) is 16.2 Å². The minimum atomic E-state index is -0.937. The van der Waals surface area contributed by atoms with Crippen LogP contribution in [0.1, 0.15) is 41.7 Å². The summed E-state index contributed by atoms with van der Waals surface area (Å²) in [5.41, 5.74) is 11.8. The fourth-order valence-corrected chi connectivity index (χ4v) is 4.92. The third-order valence-electron chi connectivity index (χ3n) is 5.80. The number of carboxylic acid groups (broad SMARTS) is 1. The number of benzene rings is 3. The van der Waals surface area contributed by atoms with Crippen LogP contribution in [-0.4, -0.2) is 16.1 Å². The molecule has 0 radical (unpaired) electrons. The molecule has 5 nitrogen and oxygen atoms in total. The maximum Gasteiger partial charge on any atom is 0.331 e.